The minimum Gasteiger partial charge on any atom is -0.322 e. The lowest BCUT2D eigenvalue weighted by atomic mass is 9.84. The quantitative estimate of drug-likeness (QED) is 0.724. The number of hydrogen-bond acceptors (Lipinski definition) is 1. The van der Waals surface area contributed by atoms with E-state index in [1.54, 1.807) is 12.1 Å². The lowest BCUT2D eigenvalue weighted by molar-refractivity contribution is -0.137. The van der Waals surface area contributed by atoms with E-state index < -0.39 is 17.6 Å². The van der Waals surface area contributed by atoms with Crippen LogP contribution in [0.15, 0.2) is 48.5 Å². The van der Waals surface area contributed by atoms with E-state index in [1.165, 1.54) is 49.8 Å². The maximum Gasteiger partial charge on any atom is 0.416 e. The van der Waals surface area contributed by atoms with Crippen LogP contribution in [0.4, 0.5) is 18.9 Å². The molecule has 1 aliphatic rings. The number of carbonyl (C=O) groups excluding carboxylic acids is 1. The standard InChI is InChI=1S/C20H20F3NO/c21-20(22,23)17-7-4-8-18(13-17)24-19(25)16-11-9-15(10-12-16)14-5-2-1-3-6-14/h4,7-14H,1-3,5-6H2,(H,24,25). The minimum atomic E-state index is -4.43. The molecule has 0 aliphatic heterocycles. The van der Waals surface area contributed by atoms with Crippen molar-refractivity contribution in [3.63, 3.8) is 0 Å². The van der Waals surface area contributed by atoms with Crippen molar-refractivity contribution in [2.45, 2.75) is 44.2 Å². The zero-order valence-corrected chi connectivity index (χ0v) is 13.8. The third kappa shape index (κ3) is 4.41. The number of rotatable bonds is 3. The Kier molecular flexibility index (Phi) is 5.11. The Labute approximate surface area is 145 Å². The maximum atomic E-state index is 12.7. The fourth-order valence-corrected chi connectivity index (χ4v) is 3.32. The molecule has 0 radical (unpaired) electrons. The average Bonchev–Trinajstić information content (AvgIpc) is 2.62. The molecule has 25 heavy (non-hydrogen) atoms. The number of carbonyl (C=O) groups is 1. The number of anilines is 1. The highest BCUT2D eigenvalue weighted by Gasteiger charge is 2.30. The molecule has 0 spiro atoms. The second kappa shape index (κ2) is 7.30. The van der Waals surface area contributed by atoms with E-state index in [-0.39, 0.29) is 5.69 Å². The first-order chi connectivity index (χ1) is 11.9. The van der Waals surface area contributed by atoms with Crippen LogP contribution in [0.2, 0.25) is 0 Å². The van der Waals surface area contributed by atoms with Crippen molar-refractivity contribution in [3.05, 3.63) is 65.2 Å². The summed E-state index contributed by atoms with van der Waals surface area (Å²) in [4.78, 5) is 12.3. The Morgan fingerprint density at radius 2 is 1.64 bits per heavy atom. The molecule has 2 nitrogen and oxygen atoms in total. The number of alkyl halides is 3. The number of halogens is 3. The van der Waals surface area contributed by atoms with Crippen molar-refractivity contribution in [2.75, 3.05) is 5.32 Å². The highest BCUT2D eigenvalue weighted by Crippen LogP contribution is 2.33. The molecule has 1 N–H and O–H groups in total. The Bertz CT molecular complexity index is 731. The van der Waals surface area contributed by atoms with Crippen LogP contribution in [0.5, 0.6) is 0 Å². The first kappa shape index (κ1) is 17.5. The van der Waals surface area contributed by atoms with Gasteiger partial charge in [0.2, 0.25) is 0 Å². The molecule has 1 fully saturated rings. The first-order valence-electron chi connectivity index (χ1n) is 8.52. The van der Waals surface area contributed by atoms with Gasteiger partial charge in [0.25, 0.3) is 5.91 Å². The van der Waals surface area contributed by atoms with Crippen LogP contribution < -0.4 is 5.32 Å². The predicted molar refractivity (Wildman–Crippen MR) is 91.7 cm³/mol. The van der Waals surface area contributed by atoms with Crippen LogP contribution in [0, 0.1) is 0 Å². The summed E-state index contributed by atoms with van der Waals surface area (Å²) in [6.45, 7) is 0. The molecular formula is C20H20F3NO. The highest BCUT2D eigenvalue weighted by molar-refractivity contribution is 6.04. The molecule has 5 heteroatoms. The largest absolute Gasteiger partial charge is 0.416 e. The zero-order valence-electron chi connectivity index (χ0n) is 13.8. The van der Waals surface area contributed by atoms with E-state index in [9.17, 15) is 18.0 Å². The van der Waals surface area contributed by atoms with Crippen molar-refractivity contribution < 1.29 is 18.0 Å². The average molecular weight is 347 g/mol. The van der Waals surface area contributed by atoms with E-state index in [0.29, 0.717) is 11.5 Å². The molecule has 2 aromatic carbocycles. The Morgan fingerprint density at radius 1 is 0.960 bits per heavy atom. The third-order valence-corrected chi connectivity index (χ3v) is 4.70. The van der Waals surface area contributed by atoms with Crippen LogP contribution in [0.1, 0.15) is 59.5 Å². The molecule has 1 amide bonds. The normalized spacial score (nSPS) is 15.8. The van der Waals surface area contributed by atoms with E-state index in [4.69, 9.17) is 0 Å². The SMILES string of the molecule is O=C(Nc1cccc(C(F)(F)F)c1)c1ccc(C2CCCCC2)cc1. The van der Waals surface area contributed by atoms with Crippen LogP contribution >= 0.6 is 0 Å². The van der Waals surface area contributed by atoms with Gasteiger partial charge in [-0.15, -0.1) is 0 Å². The molecule has 0 saturated heterocycles. The van der Waals surface area contributed by atoms with Crippen LogP contribution in [-0.4, -0.2) is 5.91 Å². The molecule has 2 aromatic rings. The van der Waals surface area contributed by atoms with Gasteiger partial charge in [-0.1, -0.05) is 37.5 Å². The summed E-state index contributed by atoms with van der Waals surface area (Å²) in [5, 5.41) is 2.53. The summed E-state index contributed by atoms with van der Waals surface area (Å²) < 4.78 is 38.2. The number of benzene rings is 2. The molecule has 0 heterocycles. The van der Waals surface area contributed by atoms with Crippen LogP contribution in [0.3, 0.4) is 0 Å². The highest BCUT2D eigenvalue weighted by atomic mass is 19.4. The third-order valence-electron chi connectivity index (χ3n) is 4.70. The number of nitrogens with one attached hydrogen (secondary N) is 1. The van der Waals surface area contributed by atoms with Gasteiger partial charge in [0.05, 0.1) is 5.56 Å². The molecule has 0 aromatic heterocycles. The first-order valence-corrected chi connectivity index (χ1v) is 8.52. The minimum absolute atomic E-state index is 0.135. The van der Waals surface area contributed by atoms with Gasteiger partial charge in [-0.3, -0.25) is 4.79 Å². The second-order valence-electron chi connectivity index (χ2n) is 6.49. The van der Waals surface area contributed by atoms with E-state index >= 15 is 0 Å². The summed E-state index contributed by atoms with van der Waals surface area (Å²) in [6, 6.07) is 12.0. The van der Waals surface area contributed by atoms with Crippen LogP contribution in [0.25, 0.3) is 0 Å². The summed E-state index contributed by atoms with van der Waals surface area (Å²) in [5.74, 6) is 0.142. The molecule has 3 rings (SSSR count). The van der Waals surface area contributed by atoms with Crippen LogP contribution in [-0.2, 0) is 6.18 Å². The fourth-order valence-electron chi connectivity index (χ4n) is 3.32. The van der Waals surface area contributed by atoms with Gasteiger partial charge in [-0.2, -0.15) is 13.2 Å². The Balaban J connectivity index is 1.69. The van der Waals surface area contributed by atoms with Gasteiger partial charge in [-0.05, 0) is 54.7 Å². The van der Waals surface area contributed by atoms with Gasteiger partial charge in [0, 0.05) is 11.3 Å². The molecule has 0 bridgehead atoms. The molecule has 1 saturated carbocycles. The van der Waals surface area contributed by atoms with Gasteiger partial charge in [0.1, 0.15) is 0 Å². The summed E-state index contributed by atoms with van der Waals surface area (Å²) >= 11 is 0. The molecule has 0 atom stereocenters. The van der Waals surface area contributed by atoms with Gasteiger partial charge in [0.15, 0.2) is 0 Å². The Hall–Kier alpha value is -2.30. The lowest BCUT2D eigenvalue weighted by Gasteiger charge is -2.22. The summed E-state index contributed by atoms with van der Waals surface area (Å²) in [7, 11) is 0. The number of hydrogen-bond donors (Lipinski definition) is 1. The van der Waals surface area contributed by atoms with Crippen molar-refractivity contribution in [3.8, 4) is 0 Å². The van der Waals surface area contributed by atoms with E-state index in [0.717, 1.165) is 12.1 Å². The Morgan fingerprint density at radius 3 is 2.28 bits per heavy atom. The lowest BCUT2D eigenvalue weighted by Crippen LogP contribution is -2.13. The number of amides is 1. The maximum absolute atomic E-state index is 12.7. The monoisotopic (exact) mass is 347 g/mol. The predicted octanol–water partition coefficient (Wildman–Crippen LogP) is 6.01. The van der Waals surface area contributed by atoms with Crippen molar-refractivity contribution >= 4 is 11.6 Å². The zero-order chi connectivity index (χ0) is 17.9. The van der Waals surface area contributed by atoms with E-state index in [2.05, 4.69) is 5.32 Å². The molecule has 132 valence electrons. The topological polar surface area (TPSA) is 29.1 Å². The second-order valence-corrected chi connectivity index (χ2v) is 6.49. The molecule has 1 aliphatic carbocycles. The summed E-state index contributed by atoms with van der Waals surface area (Å²) in [5.41, 5.74) is 1.03. The fraction of sp³-hybridized carbons (Fsp3) is 0.350. The molecular weight excluding hydrogens is 327 g/mol. The van der Waals surface area contributed by atoms with Crippen molar-refractivity contribution in [2.24, 2.45) is 0 Å². The van der Waals surface area contributed by atoms with E-state index in [1.807, 2.05) is 12.1 Å². The van der Waals surface area contributed by atoms with Crippen molar-refractivity contribution in [1.82, 2.24) is 0 Å². The molecule has 0 unspecified atom stereocenters. The smallest absolute Gasteiger partial charge is 0.322 e. The van der Waals surface area contributed by atoms with Gasteiger partial charge >= 0.3 is 6.18 Å². The van der Waals surface area contributed by atoms with Crippen molar-refractivity contribution in [1.29, 1.82) is 0 Å². The van der Waals surface area contributed by atoms with Gasteiger partial charge in [-0.25, -0.2) is 0 Å². The van der Waals surface area contributed by atoms with Gasteiger partial charge < -0.3 is 5.32 Å². The summed E-state index contributed by atoms with van der Waals surface area (Å²) in [6.07, 6.45) is 1.69.